The molecule has 28 heavy (non-hydrogen) atoms. The molecule has 0 saturated heterocycles. The van der Waals surface area contributed by atoms with Crippen LogP contribution in [-0.2, 0) is 4.79 Å². The molecule has 0 fully saturated rings. The molecule has 0 saturated carbocycles. The third kappa shape index (κ3) is 30.4. The maximum absolute atomic E-state index is 10.5. The molecule has 1 amide bonds. The fraction of sp³-hybridized carbons (Fsp3) is 0.957. The van der Waals surface area contributed by atoms with Gasteiger partial charge in [0.2, 0.25) is 5.91 Å². The number of quaternary nitrogens is 1. The lowest BCUT2D eigenvalue weighted by molar-refractivity contribution is -0.890. The van der Waals surface area contributed by atoms with Crippen LogP contribution in [-0.4, -0.2) is 49.3 Å². The fourth-order valence-corrected chi connectivity index (χ4v) is 3.30. The van der Waals surface area contributed by atoms with Crippen LogP contribution in [0, 0.1) is 0 Å². The summed E-state index contributed by atoms with van der Waals surface area (Å²) >= 11 is 0. The van der Waals surface area contributed by atoms with Crippen molar-refractivity contribution < 1.29 is 26.8 Å². The molecule has 4 nitrogen and oxygen atoms in total. The predicted octanol–water partition coefficient (Wildman–Crippen LogP) is 2.42. The first kappa shape index (κ1) is 32.3. The topological polar surface area (TPSA) is 63.3 Å². The number of hydrogen-bond acceptors (Lipinski definition) is 2. The molecule has 0 unspecified atom stereocenters. The maximum atomic E-state index is 10.5. The van der Waals surface area contributed by atoms with E-state index in [-0.39, 0.29) is 18.3 Å². The number of primary amides is 1. The second-order valence-electron chi connectivity index (χ2n) is 8.57. The standard InChI is InChI=1S/C16H33NO.C7H18NO.ClH/c1-2-3-4-5-6-7-8-9-10-11-12-13-14-15-16(17)18;1-4-5-8(2,3)6-7-9;/h2-15H2,1H3,(H2,17,18);9H,4-7H2,1-3H3;1H/q;+1;/p-1. The summed E-state index contributed by atoms with van der Waals surface area (Å²) in [4.78, 5) is 10.5. The average molecular weight is 423 g/mol. The van der Waals surface area contributed by atoms with Crippen molar-refractivity contribution in [1.29, 1.82) is 0 Å². The number of aliphatic hydroxyl groups excluding tert-OH is 1. The Bertz CT molecular complexity index is 305. The maximum Gasteiger partial charge on any atom is 0.217 e. The number of carbonyl (C=O) groups excluding carboxylic acids is 1. The van der Waals surface area contributed by atoms with Crippen molar-refractivity contribution in [3.05, 3.63) is 0 Å². The lowest BCUT2D eigenvalue weighted by Crippen LogP contribution is -3.00. The number of likely N-dealkylation sites (N-methyl/N-ethyl adjacent to an activating group) is 1. The van der Waals surface area contributed by atoms with Gasteiger partial charge in [-0.05, 0) is 12.8 Å². The van der Waals surface area contributed by atoms with Crippen LogP contribution in [0.1, 0.15) is 110 Å². The fourth-order valence-electron chi connectivity index (χ4n) is 3.30. The molecule has 0 aliphatic carbocycles. The molecule has 3 N–H and O–H groups in total. The van der Waals surface area contributed by atoms with E-state index < -0.39 is 0 Å². The Morgan fingerprint density at radius 2 is 1.11 bits per heavy atom. The van der Waals surface area contributed by atoms with Crippen molar-refractivity contribution in [3.63, 3.8) is 0 Å². The highest BCUT2D eigenvalue weighted by molar-refractivity contribution is 5.73. The van der Waals surface area contributed by atoms with E-state index in [9.17, 15) is 4.79 Å². The van der Waals surface area contributed by atoms with Crippen molar-refractivity contribution in [1.82, 2.24) is 0 Å². The summed E-state index contributed by atoms with van der Waals surface area (Å²) in [6.45, 7) is 6.75. The number of halogens is 1. The minimum atomic E-state index is -0.155. The number of aliphatic hydroxyl groups is 1. The van der Waals surface area contributed by atoms with E-state index in [1.807, 2.05) is 0 Å². The molecule has 0 aromatic carbocycles. The van der Waals surface area contributed by atoms with Crippen LogP contribution >= 0.6 is 0 Å². The SMILES string of the molecule is CCCCCCCCCCCCCCCC(N)=O.CCC[N+](C)(C)CCO.[Cl-]. The van der Waals surface area contributed by atoms with Gasteiger partial charge in [-0.2, -0.15) is 0 Å². The van der Waals surface area contributed by atoms with Crippen LogP contribution in [0.15, 0.2) is 0 Å². The normalized spacial score (nSPS) is 10.8. The summed E-state index contributed by atoms with van der Waals surface area (Å²) in [5.41, 5.74) is 5.09. The molecule has 0 rings (SSSR count). The molecule has 0 bridgehead atoms. The third-order valence-corrected chi connectivity index (χ3v) is 5.06. The second kappa shape index (κ2) is 24.7. The van der Waals surface area contributed by atoms with E-state index in [1.165, 1.54) is 83.5 Å². The molecule has 0 radical (unpaired) electrons. The quantitative estimate of drug-likeness (QED) is 0.263. The van der Waals surface area contributed by atoms with E-state index in [4.69, 9.17) is 10.8 Å². The number of rotatable bonds is 18. The number of carbonyl (C=O) groups is 1. The first-order chi connectivity index (χ1) is 12.9. The minimum absolute atomic E-state index is 0. The van der Waals surface area contributed by atoms with Gasteiger partial charge in [-0.25, -0.2) is 0 Å². The van der Waals surface area contributed by atoms with E-state index in [0.717, 1.165) is 24.0 Å². The van der Waals surface area contributed by atoms with E-state index in [0.29, 0.717) is 13.0 Å². The molecular weight excluding hydrogens is 372 g/mol. The van der Waals surface area contributed by atoms with Crippen molar-refractivity contribution in [2.75, 3.05) is 33.8 Å². The Balaban J connectivity index is -0.000000530. The Kier molecular flexibility index (Phi) is 28.6. The highest BCUT2D eigenvalue weighted by atomic mass is 35.5. The Morgan fingerprint density at radius 1 is 0.714 bits per heavy atom. The molecule has 0 aliphatic rings. The highest BCUT2D eigenvalue weighted by Gasteiger charge is 2.10. The second-order valence-corrected chi connectivity index (χ2v) is 8.57. The van der Waals surface area contributed by atoms with Crippen molar-refractivity contribution >= 4 is 5.91 Å². The molecule has 0 aromatic rings. The van der Waals surface area contributed by atoms with Gasteiger partial charge in [0.1, 0.15) is 6.54 Å². The molecule has 172 valence electrons. The van der Waals surface area contributed by atoms with Crippen LogP contribution in [0.4, 0.5) is 0 Å². The van der Waals surface area contributed by atoms with Gasteiger partial charge in [-0.15, -0.1) is 0 Å². The lowest BCUT2D eigenvalue weighted by atomic mass is 10.0. The number of unbranched alkanes of at least 4 members (excludes halogenated alkanes) is 12. The third-order valence-electron chi connectivity index (χ3n) is 5.06. The van der Waals surface area contributed by atoms with Crippen LogP contribution in [0.25, 0.3) is 0 Å². The molecule has 0 spiro atoms. The van der Waals surface area contributed by atoms with Gasteiger partial charge in [0.25, 0.3) is 0 Å². The van der Waals surface area contributed by atoms with Gasteiger partial charge < -0.3 is 27.7 Å². The molecule has 0 aromatic heterocycles. The molecule has 0 heterocycles. The Labute approximate surface area is 182 Å². The lowest BCUT2D eigenvalue weighted by Gasteiger charge is -2.28. The monoisotopic (exact) mass is 422 g/mol. The largest absolute Gasteiger partial charge is 1.00 e. The Morgan fingerprint density at radius 3 is 1.43 bits per heavy atom. The molecule has 0 atom stereocenters. The zero-order chi connectivity index (χ0) is 20.8. The van der Waals surface area contributed by atoms with Crippen LogP contribution in [0.5, 0.6) is 0 Å². The predicted molar refractivity (Wildman–Crippen MR) is 119 cm³/mol. The van der Waals surface area contributed by atoms with E-state index >= 15 is 0 Å². The number of hydrogen-bond donors (Lipinski definition) is 2. The van der Waals surface area contributed by atoms with Crippen LogP contribution < -0.4 is 18.1 Å². The first-order valence-corrected chi connectivity index (χ1v) is 11.6. The summed E-state index contributed by atoms with van der Waals surface area (Å²) in [5.74, 6) is -0.155. The van der Waals surface area contributed by atoms with Crippen LogP contribution in [0.3, 0.4) is 0 Å². The summed E-state index contributed by atoms with van der Waals surface area (Å²) in [6.07, 6.45) is 19.1. The van der Waals surface area contributed by atoms with Crippen LogP contribution in [0.2, 0.25) is 0 Å². The molecule has 5 heteroatoms. The minimum Gasteiger partial charge on any atom is -1.00 e. The summed E-state index contributed by atoms with van der Waals surface area (Å²) < 4.78 is 0.938. The highest BCUT2D eigenvalue weighted by Crippen LogP contribution is 2.12. The van der Waals surface area contributed by atoms with Gasteiger partial charge in [-0.3, -0.25) is 4.79 Å². The first-order valence-electron chi connectivity index (χ1n) is 11.6. The van der Waals surface area contributed by atoms with E-state index in [1.54, 1.807) is 0 Å². The zero-order valence-electron chi connectivity index (χ0n) is 19.5. The summed E-state index contributed by atoms with van der Waals surface area (Å²) in [7, 11) is 4.28. The van der Waals surface area contributed by atoms with Gasteiger partial charge in [-0.1, -0.05) is 90.9 Å². The van der Waals surface area contributed by atoms with E-state index in [2.05, 4.69) is 27.9 Å². The smallest absolute Gasteiger partial charge is 0.217 e. The molecule has 0 aliphatic heterocycles. The van der Waals surface area contributed by atoms with Crippen molar-refractivity contribution in [2.24, 2.45) is 5.73 Å². The van der Waals surface area contributed by atoms with Gasteiger partial charge in [0.05, 0.1) is 27.2 Å². The van der Waals surface area contributed by atoms with Crippen molar-refractivity contribution in [3.8, 4) is 0 Å². The summed E-state index contributed by atoms with van der Waals surface area (Å²) in [6, 6.07) is 0. The van der Waals surface area contributed by atoms with Gasteiger partial charge >= 0.3 is 0 Å². The van der Waals surface area contributed by atoms with Gasteiger partial charge in [0, 0.05) is 6.42 Å². The van der Waals surface area contributed by atoms with Gasteiger partial charge in [0.15, 0.2) is 0 Å². The Hall–Kier alpha value is -0.320. The summed E-state index contributed by atoms with van der Waals surface area (Å²) in [5, 5.41) is 8.61. The number of nitrogens with two attached hydrogens (primary N) is 1. The zero-order valence-corrected chi connectivity index (χ0v) is 20.2. The number of amides is 1. The number of nitrogens with zero attached hydrogens (tertiary/aromatic N) is 1. The molecular formula is C23H51ClN2O2. The van der Waals surface area contributed by atoms with Crippen molar-refractivity contribution in [2.45, 2.75) is 110 Å². The average Bonchev–Trinajstić information content (AvgIpc) is 2.59.